The Morgan fingerprint density at radius 1 is 1.06 bits per heavy atom. The van der Waals surface area contributed by atoms with Crippen molar-refractivity contribution in [1.82, 2.24) is 15.3 Å². The van der Waals surface area contributed by atoms with Crippen molar-refractivity contribution in [3.05, 3.63) is 84.2 Å². The number of para-hydroxylation sites is 1. The van der Waals surface area contributed by atoms with E-state index in [0.29, 0.717) is 42.4 Å². The molecule has 3 rings (SSSR count). The van der Waals surface area contributed by atoms with Crippen LogP contribution in [0.5, 0.6) is 11.5 Å². The number of nitrogens with zero attached hydrogens (tertiary/aromatic N) is 2. The molecule has 0 saturated heterocycles. The standard InChI is InChI=1S/C24H26N6O3/c1-32-15-5-8-20(31)27-13-14-28-24-21(23(26)29-16-30-24)22(25)17-9-11-19(12-10-17)33-18-6-3-2-4-7-18/h2-12,16,25H,13-15H2,1H3,(H,27,31)(H3,26,28,29,30)/b8-5+,25-22?. The summed E-state index contributed by atoms with van der Waals surface area (Å²) < 4.78 is 10.7. The fourth-order valence-electron chi connectivity index (χ4n) is 2.92. The highest BCUT2D eigenvalue weighted by molar-refractivity contribution is 6.16. The normalized spacial score (nSPS) is 10.7. The van der Waals surface area contributed by atoms with Gasteiger partial charge in [-0.1, -0.05) is 24.3 Å². The van der Waals surface area contributed by atoms with Gasteiger partial charge in [-0.15, -0.1) is 0 Å². The van der Waals surface area contributed by atoms with E-state index in [1.807, 2.05) is 30.3 Å². The molecular weight excluding hydrogens is 420 g/mol. The van der Waals surface area contributed by atoms with E-state index in [1.165, 1.54) is 12.4 Å². The molecule has 0 saturated carbocycles. The van der Waals surface area contributed by atoms with Gasteiger partial charge in [-0.3, -0.25) is 10.2 Å². The molecule has 0 aliphatic rings. The molecule has 0 fully saturated rings. The Hall–Kier alpha value is -4.24. The van der Waals surface area contributed by atoms with Crippen LogP contribution >= 0.6 is 0 Å². The van der Waals surface area contributed by atoms with Crippen LogP contribution in [-0.2, 0) is 9.53 Å². The average Bonchev–Trinajstić information content (AvgIpc) is 2.83. The molecular formula is C24H26N6O3. The number of amides is 1. The largest absolute Gasteiger partial charge is 0.457 e. The third-order valence-electron chi connectivity index (χ3n) is 4.50. The SMILES string of the molecule is COC/C=C/C(=O)NCCNc1ncnc(N)c1C(=N)c1ccc(Oc2ccccc2)cc1. The van der Waals surface area contributed by atoms with Crippen LogP contribution in [0.2, 0.25) is 0 Å². The summed E-state index contributed by atoms with van der Waals surface area (Å²) in [5, 5.41) is 14.5. The topological polar surface area (TPSA) is 135 Å². The van der Waals surface area contributed by atoms with Crippen LogP contribution < -0.4 is 21.1 Å². The van der Waals surface area contributed by atoms with Crippen LogP contribution in [0.4, 0.5) is 11.6 Å². The first-order chi connectivity index (χ1) is 16.1. The zero-order valence-corrected chi connectivity index (χ0v) is 18.2. The van der Waals surface area contributed by atoms with Crippen LogP contribution in [0.3, 0.4) is 0 Å². The number of methoxy groups -OCH3 is 1. The maximum atomic E-state index is 11.7. The minimum Gasteiger partial charge on any atom is -0.457 e. The van der Waals surface area contributed by atoms with Gasteiger partial charge in [-0.05, 0) is 36.4 Å². The predicted octanol–water partition coefficient (Wildman–Crippen LogP) is 3.00. The lowest BCUT2D eigenvalue weighted by molar-refractivity contribution is -0.116. The summed E-state index contributed by atoms with van der Waals surface area (Å²) in [4.78, 5) is 20.0. The summed E-state index contributed by atoms with van der Waals surface area (Å²) in [6.07, 6.45) is 4.37. The number of carbonyl (C=O) groups is 1. The lowest BCUT2D eigenvalue weighted by atomic mass is 10.0. The number of aromatic nitrogens is 2. The van der Waals surface area contributed by atoms with E-state index in [4.69, 9.17) is 20.6 Å². The molecule has 9 nitrogen and oxygen atoms in total. The highest BCUT2D eigenvalue weighted by Gasteiger charge is 2.16. The summed E-state index contributed by atoms with van der Waals surface area (Å²) in [7, 11) is 1.56. The first-order valence-electron chi connectivity index (χ1n) is 10.3. The van der Waals surface area contributed by atoms with Crippen molar-refractivity contribution in [1.29, 1.82) is 5.41 Å². The molecule has 2 aromatic carbocycles. The number of ether oxygens (including phenoxy) is 2. The molecule has 0 unspecified atom stereocenters. The summed E-state index contributed by atoms with van der Waals surface area (Å²) >= 11 is 0. The van der Waals surface area contributed by atoms with E-state index in [1.54, 1.807) is 37.5 Å². The fourth-order valence-corrected chi connectivity index (χ4v) is 2.92. The van der Waals surface area contributed by atoms with E-state index >= 15 is 0 Å². The lowest BCUT2D eigenvalue weighted by Gasteiger charge is -2.14. The lowest BCUT2D eigenvalue weighted by Crippen LogP contribution is -2.28. The molecule has 5 N–H and O–H groups in total. The fraction of sp³-hybridized carbons (Fsp3) is 0.167. The van der Waals surface area contributed by atoms with Crippen molar-refractivity contribution in [2.24, 2.45) is 0 Å². The van der Waals surface area contributed by atoms with Crippen molar-refractivity contribution in [3.8, 4) is 11.5 Å². The predicted molar refractivity (Wildman–Crippen MR) is 128 cm³/mol. The Kier molecular flexibility index (Phi) is 8.49. The first kappa shape index (κ1) is 23.4. The third-order valence-corrected chi connectivity index (χ3v) is 4.50. The van der Waals surface area contributed by atoms with E-state index in [-0.39, 0.29) is 17.4 Å². The monoisotopic (exact) mass is 446 g/mol. The maximum Gasteiger partial charge on any atom is 0.243 e. The Morgan fingerprint density at radius 3 is 2.52 bits per heavy atom. The van der Waals surface area contributed by atoms with Crippen molar-refractivity contribution in [3.63, 3.8) is 0 Å². The molecule has 0 bridgehead atoms. The Balaban J connectivity index is 1.64. The van der Waals surface area contributed by atoms with Crippen molar-refractivity contribution in [2.75, 3.05) is 37.9 Å². The third kappa shape index (κ3) is 6.88. The van der Waals surface area contributed by atoms with E-state index in [0.717, 1.165) is 5.75 Å². The van der Waals surface area contributed by atoms with Gasteiger partial charge in [-0.2, -0.15) is 0 Å². The Bertz CT molecular complexity index is 1100. The van der Waals surface area contributed by atoms with E-state index in [9.17, 15) is 4.79 Å². The highest BCUT2D eigenvalue weighted by Crippen LogP contribution is 2.25. The zero-order chi connectivity index (χ0) is 23.5. The quantitative estimate of drug-likeness (QED) is 0.202. The summed E-state index contributed by atoms with van der Waals surface area (Å²) in [5.74, 6) is 1.77. The van der Waals surface area contributed by atoms with Crippen molar-refractivity contribution >= 4 is 23.3 Å². The summed E-state index contributed by atoms with van der Waals surface area (Å²) in [5.41, 5.74) is 7.26. The van der Waals surface area contributed by atoms with Crippen LogP contribution in [0.15, 0.2) is 73.1 Å². The second-order valence-corrected chi connectivity index (χ2v) is 6.87. The number of anilines is 2. The minimum atomic E-state index is -0.221. The molecule has 0 spiro atoms. The smallest absolute Gasteiger partial charge is 0.243 e. The average molecular weight is 447 g/mol. The van der Waals surface area contributed by atoms with Gasteiger partial charge in [0.2, 0.25) is 5.91 Å². The van der Waals surface area contributed by atoms with E-state index in [2.05, 4.69) is 20.6 Å². The first-order valence-corrected chi connectivity index (χ1v) is 10.3. The number of nitrogens with one attached hydrogen (secondary N) is 3. The molecule has 1 amide bonds. The van der Waals surface area contributed by atoms with Crippen LogP contribution in [0.25, 0.3) is 0 Å². The molecule has 170 valence electrons. The zero-order valence-electron chi connectivity index (χ0n) is 18.2. The number of nitrogen functional groups attached to an aromatic ring is 1. The summed E-state index contributed by atoms with van der Waals surface area (Å²) in [6, 6.07) is 16.6. The molecule has 0 aliphatic heterocycles. The number of carbonyl (C=O) groups excluding carboxylic acids is 1. The second-order valence-electron chi connectivity index (χ2n) is 6.87. The maximum absolute atomic E-state index is 11.7. The van der Waals surface area contributed by atoms with Gasteiger partial charge in [-0.25, -0.2) is 9.97 Å². The van der Waals surface area contributed by atoms with Gasteiger partial charge in [0.15, 0.2) is 0 Å². The Labute approximate surface area is 192 Å². The number of hydrogen-bond donors (Lipinski definition) is 4. The van der Waals surface area contributed by atoms with Crippen LogP contribution in [0, 0.1) is 5.41 Å². The molecule has 33 heavy (non-hydrogen) atoms. The van der Waals surface area contributed by atoms with Crippen LogP contribution in [-0.4, -0.2) is 48.4 Å². The number of hydrogen-bond acceptors (Lipinski definition) is 8. The molecule has 9 heteroatoms. The van der Waals surface area contributed by atoms with Gasteiger partial charge >= 0.3 is 0 Å². The molecule has 3 aromatic rings. The van der Waals surface area contributed by atoms with Crippen molar-refractivity contribution in [2.45, 2.75) is 0 Å². The van der Waals surface area contributed by atoms with Crippen molar-refractivity contribution < 1.29 is 14.3 Å². The molecule has 0 atom stereocenters. The molecule has 0 aliphatic carbocycles. The molecule has 0 radical (unpaired) electrons. The van der Waals surface area contributed by atoms with E-state index < -0.39 is 0 Å². The van der Waals surface area contributed by atoms with Gasteiger partial charge in [0.1, 0.15) is 29.5 Å². The number of nitrogens with two attached hydrogens (primary N) is 1. The highest BCUT2D eigenvalue weighted by atomic mass is 16.5. The minimum absolute atomic E-state index is 0.174. The van der Waals surface area contributed by atoms with Gasteiger partial charge in [0.05, 0.1) is 17.9 Å². The summed E-state index contributed by atoms with van der Waals surface area (Å²) in [6.45, 7) is 1.12. The van der Waals surface area contributed by atoms with Gasteiger partial charge < -0.3 is 25.8 Å². The molecule has 1 heterocycles. The number of benzene rings is 2. The Morgan fingerprint density at radius 2 is 1.79 bits per heavy atom. The van der Waals surface area contributed by atoms with Gasteiger partial charge in [0, 0.05) is 31.8 Å². The molecule has 1 aromatic heterocycles. The second kappa shape index (κ2) is 12.0. The number of rotatable bonds is 11. The van der Waals surface area contributed by atoms with Gasteiger partial charge in [0.25, 0.3) is 0 Å². The van der Waals surface area contributed by atoms with Crippen LogP contribution in [0.1, 0.15) is 11.1 Å².